The highest BCUT2D eigenvalue weighted by Crippen LogP contribution is 2.40. The minimum absolute atomic E-state index is 0.0800. The number of fused-ring (bicyclic) bond motifs is 1. The highest BCUT2D eigenvalue weighted by atomic mass is 16.5. The van der Waals surface area contributed by atoms with Gasteiger partial charge in [-0.3, -0.25) is 9.59 Å². The molecule has 3 aromatic heterocycles. The Labute approximate surface area is 143 Å². The van der Waals surface area contributed by atoms with E-state index < -0.39 is 5.91 Å². The van der Waals surface area contributed by atoms with Crippen molar-refractivity contribution >= 4 is 17.2 Å². The van der Waals surface area contributed by atoms with Crippen LogP contribution in [0.25, 0.3) is 5.65 Å². The highest BCUT2D eigenvalue weighted by Gasteiger charge is 2.26. The van der Waals surface area contributed by atoms with E-state index in [1.54, 1.807) is 31.6 Å². The number of carbonyl (C=O) groups is 1. The van der Waals surface area contributed by atoms with Crippen molar-refractivity contribution in [3.63, 3.8) is 0 Å². The van der Waals surface area contributed by atoms with Crippen molar-refractivity contribution in [2.75, 3.05) is 12.4 Å². The molecule has 25 heavy (non-hydrogen) atoms. The zero-order valence-corrected chi connectivity index (χ0v) is 14.0. The summed E-state index contributed by atoms with van der Waals surface area (Å²) >= 11 is 0. The van der Waals surface area contributed by atoms with Crippen molar-refractivity contribution < 1.29 is 9.53 Å². The summed E-state index contributed by atoms with van der Waals surface area (Å²) in [5.41, 5.74) is 2.05. The Balaban J connectivity index is 1.71. The van der Waals surface area contributed by atoms with Crippen LogP contribution in [0.5, 0.6) is 5.75 Å². The fraction of sp³-hybridized carbons (Fsp3) is 0.278. The van der Waals surface area contributed by atoms with E-state index in [2.05, 4.69) is 10.3 Å². The third-order valence-corrected chi connectivity index (χ3v) is 4.41. The number of pyridine rings is 2. The summed E-state index contributed by atoms with van der Waals surface area (Å²) in [4.78, 5) is 29.2. The Hall–Kier alpha value is -3.09. The van der Waals surface area contributed by atoms with Crippen LogP contribution in [0.1, 0.15) is 34.8 Å². The molecule has 1 amide bonds. The van der Waals surface area contributed by atoms with Crippen LogP contribution >= 0.6 is 0 Å². The number of amides is 1. The Morgan fingerprint density at radius 2 is 2.16 bits per heavy atom. The molecule has 0 spiro atoms. The highest BCUT2D eigenvalue weighted by molar-refractivity contribution is 6.04. The van der Waals surface area contributed by atoms with Crippen LogP contribution < -0.4 is 15.6 Å². The molecule has 128 valence electrons. The smallest absolute Gasteiger partial charge is 0.263 e. The van der Waals surface area contributed by atoms with Crippen LogP contribution in [0.4, 0.5) is 5.69 Å². The van der Waals surface area contributed by atoms with Crippen molar-refractivity contribution in [3.8, 4) is 5.75 Å². The fourth-order valence-corrected chi connectivity index (χ4v) is 2.83. The molecule has 3 aromatic rings. The maximum Gasteiger partial charge on any atom is 0.263 e. The van der Waals surface area contributed by atoms with Crippen LogP contribution in [0, 0.1) is 0 Å². The van der Waals surface area contributed by atoms with Gasteiger partial charge in [-0.2, -0.15) is 0 Å². The fourth-order valence-electron chi connectivity index (χ4n) is 2.83. The van der Waals surface area contributed by atoms with Crippen LogP contribution in [0.3, 0.4) is 0 Å². The Morgan fingerprint density at radius 3 is 2.88 bits per heavy atom. The van der Waals surface area contributed by atoms with Gasteiger partial charge in [0, 0.05) is 37.6 Å². The molecule has 7 nitrogen and oxygen atoms in total. The molecular formula is C18H18N4O3. The number of anilines is 1. The number of imidazole rings is 1. The minimum Gasteiger partial charge on any atom is -0.494 e. The molecule has 4 rings (SSSR count). The number of nitrogens with zero attached hydrogens (tertiary/aromatic N) is 3. The number of ether oxygens (including phenoxy) is 1. The zero-order valence-electron chi connectivity index (χ0n) is 14.0. The Bertz CT molecular complexity index is 1030. The lowest BCUT2D eigenvalue weighted by atomic mass is 10.2. The quantitative estimate of drug-likeness (QED) is 0.791. The second kappa shape index (κ2) is 5.77. The SMILES string of the molecule is COc1cc2nc(C3CC3)cn2cc1NC(=O)c1cccn(C)c1=O. The number of methoxy groups -OCH3 is 1. The summed E-state index contributed by atoms with van der Waals surface area (Å²) < 4.78 is 8.62. The van der Waals surface area contributed by atoms with Gasteiger partial charge in [0.1, 0.15) is 22.6 Å². The number of carbonyl (C=O) groups excluding carboxylic acids is 1. The summed E-state index contributed by atoms with van der Waals surface area (Å²) in [5.74, 6) is 0.569. The average Bonchev–Trinajstić information content (AvgIpc) is 3.37. The molecule has 0 aromatic carbocycles. The molecule has 0 unspecified atom stereocenters. The summed E-state index contributed by atoms with van der Waals surface area (Å²) in [6, 6.07) is 4.95. The summed E-state index contributed by atoms with van der Waals surface area (Å²) in [6.45, 7) is 0. The monoisotopic (exact) mass is 338 g/mol. The van der Waals surface area contributed by atoms with Crippen molar-refractivity contribution in [1.29, 1.82) is 0 Å². The molecule has 3 heterocycles. The summed E-state index contributed by atoms with van der Waals surface area (Å²) in [7, 11) is 3.14. The summed E-state index contributed by atoms with van der Waals surface area (Å²) in [6.07, 6.45) is 7.68. The Morgan fingerprint density at radius 1 is 1.36 bits per heavy atom. The van der Waals surface area contributed by atoms with E-state index >= 15 is 0 Å². The van der Waals surface area contributed by atoms with E-state index in [9.17, 15) is 9.59 Å². The average molecular weight is 338 g/mol. The number of nitrogens with one attached hydrogen (secondary N) is 1. The first-order chi connectivity index (χ1) is 12.1. The summed E-state index contributed by atoms with van der Waals surface area (Å²) in [5, 5.41) is 2.77. The van der Waals surface area contributed by atoms with Gasteiger partial charge in [-0.25, -0.2) is 4.98 Å². The Kier molecular flexibility index (Phi) is 3.56. The first kappa shape index (κ1) is 15.4. The molecular weight excluding hydrogens is 320 g/mol. The van der Waals surface area contributed by atoms with Gasteiger partial charge in [-0.15, -0.1) is 0 Å². The maximum absolute atomic E-state index is 12.5. The van der Waals surface area contributed by atoms with Crippen LogP contribution in [0.15, 0.2) is 41.6 Å². The first-order valence-corrected chi connectivity index (χ1v) is 8.10. The number of hydrogen-bond acceptors (Lipinski definition) is 4. The van der Waals surface area contributed by atoms with E-state index in [0.29, 0.717) is 17.4 Å². The van der Waals surface area contributed by atoms with Crippen LogP contribution in [-0.2, 0) is 7.05 Å². The van der Waals surface area contributed by atoms with Gasteiger partial charge in [-0.1, -0.05) is 0 Å². The van der Waals surface area contributed by atoms with E-state index in [1.165, 1.54) is 30.6 Å². The molecule has 0 aliphatic heterocycles. The molecule has 1 fully saturated rings. The van der Waals surface area contributed by atoms with E-state index in [4.69, 9.17) is 4.74 Å². The molecule has 1 aliphatic rings. The third kappa shape index (κ3) is 2.77. The molecule has 1 saturated carbocycles. The van der Waals surface area contributed by atoms with Gasteiger partial charge in [0.05, 0.1) is 12.8 Å². The minimum atomic E-state index is -0.471. The number of aromatic nitrogens is 3. The van der Waals surface area contributed by atoms with Crippen molar-refractivity contribution in [1.82, 2.24) is 14.0 Å². The predicted molar refractivity (Wildman–Crippen MR) is 93.4 cm³/mol. The predicted octanol–water partition coefficient (Wildman–Crippen LogP) is 2.17. The van der Waals surface area contributed by atoms with Gasteiger partial charge in [0.2, 0.25) is 0 Å². The van der Waals surface area contributed by atoms with Crippen molar-refractivity contribution in [2.24, 2.45) is 7.05 Å². The van der Waals surface area contributed by atoms with E-state index in [1.807, 2.05) is 10.6 Å². The lowest BCUT2D eigenvalue weighted by molar-refractivity contribution is 0.102. The maximum atomic E-state index is 12.5. The molecule has 1 N–H and O–H groups in total. The molecule has 0 saturated heterocycles. The third-order valence-electron chi connectivity index (χ3n) is 4.41. The van der Waals surface area contributed by atoms with Gasteiger partial charge >= 0.3 is 0 Å². The van der Waals surface area contributed by atoms with Crippen molar-refractivity contribution in [2.45, 2.75) is 18.8 Å². The number of rotatable bonds is 4. The number of aryl methyl sites for hydroxylation is 1. The van der Waals surface area contributed by atoms with Gasteiger partial charge in [0.25, 0.3) is 11.5 Å². The van der Waals surface area contributed by atoms with Gasteiger partial charge in [0.15, 0.2) is 0 Å². The van der Waals surface area contributed by atoms with Gasteiger partial charge in [-0.05, 0) is 25.0 Å². The van der Waals surface area contributed by atoms with E-state index in [-0.39, 0.29) is 11.1 Å². The molecule has 0 bridgehead atoms. The molecule has 0 atom stereocenters. The lowest BCUT2D eigenvalue weighted by Crippen LogP contribution is -2.27. The molecule has 0 radical (unpaired) electrons. The number of hydrogen-bond donors (Lipinski definition) is 1. The largest absolute Gasteiger partial charge is 0.494 e. The second-order valence-corrected chi connectivity index (χ2v) is 6.25. The van der Waals surface area contributed by atoms with E-state index in [0.717, 1.165) is 11.3 Å². The molecule has 1 aliphatic carbocycles. The lowest BCUT2D eigenvalue weighted by Gasteiger charge is -2.11. The zero-order chi connectivity index (χ0) is 17.6. The van der Waals surface area contributed by atoms with Crippen LogP contribution in [-0.4, -0.2) is 27.0 Å². The van der Waals surface area contributed by atoms with Crippen LogP contribution in [0.2, 0.25) is 0 Å². The second-order valence-electron chi connectivity index (χ2n) is 6.25. The topological polar surface area (TPSA) is 77.6 Å². The van der Waals surface area contributed by atoms with Crippen molar-refractivity contribution in [3.05, 3.63) is 58.4 Å². The first-order valence-electron chi connectivity index (χ1n) is 8.10. The van der Waals surface area contributed by atoms with Gasteiger partial charge < -0.3 is 19.0 Å². The normalized spacial score (nSPS) is 13.8. The standard InChI is InChI=1S/C18H18N4O3/c1-21-7-3-4-12(18(21)24)17(23)20-14-10-22-9-13(11-5-6-11)19-16(22)8-15(14)25-2/h3-4,7-11H,5-6H2,1-2H3,(H,20,23). The molecule has 7 heteroatoms.